The van der Waals surface area contributed by atoms with Crippen molar-refractivity contribution in [3.63, 3.8) is 0 Å². The molecule has 0 amide bonds. The standard InChI is InChI=1S/C15H13NO2S/c1-2-19(17)10-11-7-8-15-13(9-11)16-12-5-3-4-6-14(12)18-15/h2-9,16H,1,10H2. The molecule has 0 spiro atoms. The summed E-state index contributed by atoms with van der Waals surface area (Å²) in [6.07, 6.45) is 0. The molecule has 0 radical (unpaired) electrons. The molecule has 0 bridgehead atoms. The molecule has 4 heteroatoms. The highest BCUT2D eigenvalue weighted by Crippen LogP contribution is 2.41. The minimum atomic E-state index is -1.03. The summed E-state index contributed by atoms with van der Waals surface area (Å²) in [5.74, 6) is 2.07. The first kappa shape index (κ1) is 12.1. The Kier molecular flexibility index (Phi) is 3.19. The molecular formula is C15H13NO2S. The molecule has 1 aliphatic rings. The van der Waals surface area contributed by atoms with Gasteiger partial charge in [0.1, 0.15) is 11.2 Å². The van der Waals surface area contributed by atoms with Gasteiger partial charge in [-0.1, -0.05) is 24.8 Å². The van der Waals surface area contributed by atoms with Crippen LogP contribution in [0, 0.1) is 0 Å². The Morgan fingerprint density at radius 1 is 1.16 bits per heavy atom. The van der Waals surface area contributed by atoms with Crippen molar-refractivity contribution in [2.45, 2.75) is 5.75 Å². The van der Waals surface area contributed by atoms with Crippen molar-refractivity contribution < 1.29 is 9.29 Å². The Hall–Kier alpha value is -1.91. The third-order valence-electron chi connectivity index (χ3n) is 2.92. The van der Waals surface area contributed by atoms with Gasteiger partial charge < -0.3 is 14.6 Å². The van der Waals surface area contributed by atoms with Crippen LogP contribution in [0.4, 0.5) is 11.4 Å². The molecule has 1 unspecified atom stereocenters. The summed E-state index contributed by atoms with van der Waals surface area (Å²) >= 11 is -1.03. The molecule has 3 nitrogen and oxygen atoms in total. The van der Waals surface area contributed by atoms with Crippen LogP contribution in [0.1, 0.15) is 5.56 Å². The minimum Gasteiger partial charge on any atom is -0.612 e. The Labute approximate surface area is 115 Å². The zero-order valence-corrected chi connectivity index (χ0v) is 11.1. The largest absolute Gasteiger partial charge is 0.612 e. The highest BCUT2D eigenvalue weighted by Gasteiger charge is 2.16. The van der Waals surface area contributed by atoms with Crippen molar-refractivity contribution in [1.29, 1.82) is 0 Å². The molecule has 1 aliphatic heterocycles. The smallest absolute Gasteiger partial charge is 0.150 e. The fourth-order valence-corrected chi connectivity index (χ4v) is 2.63. The van der Waals surface area contributed by atoms with Crippen molar-refractivity contribution in [3.05, 3.63) is 60.0 Å². The van der Waals surface area contributed by atoms with Crippen LogP contribution in [0.2, 0.25) is 0 Å². The first-order chi connectivity index (χ1) is 9.26. The molecule has 2 aromatic rings. The van der Waals surface area contributed by atoms with E-state index in [1.807, 2.05) is 42.5 Å². The Balaban J connectivity index is 1.89. The van der Waals surface area contributed by atoms with Gasteiger partial charge in [0.2, 0.25) is 0 Å². The maximum Gasteiger partial charge on any atom is 0.150 e. The van der Waals surface area contributed by atoms with Gasteiger partial charge in [0.15, 0.2) is 11.5 Å². The van der Waals surface area contributed by atoms with Gasteiger partial charge >= 0.3 is 0 Å². The Bertz CT molecular complexity index is 627. The van der Waals surface area contributed by atoms with E-state index in [0.29, 0.717) is 5.75 Å². The van der Waals surface area contributed by atoms with Gasteiger partial charge in [-0.15, -0.1) is 0 Å². The van der Waals surface area contributed by atoms with Gasteiger partial charge in [0.05, 0.1) is 11.4 Å². The topological polar surface area (TPSA) is 44.3 Å². The number of para-hydroxylation sites is 2. The fraction of sp³-hybridized carbons (Fsp3) is 0.0667. The molecule has 0 saturated heterocycles. The number of ether oxygens (including phenoxy) is 1. The summed E-state index contributed by atoms with van der Waals surface area (Å²) in [6.45, 7) is 3.53. The first-order valence-electron chi connectivity index (χ1n) is 5.93. The van der Waals surface area contributed by atoms with Crippen molar-refractivity contribution in [3.8, 4) is 11.5 Å². The summed E-state index contributed by atoms with van der Waals surface area (Å²) in [5.41, 5.74) is 2.83. The van der Waals surface area contributed by atoms with Gasteiger partial charge in [-0.3, -0.25) is 0 Å². The van der Waals surface area contributed by atoms with Crippen LogP contribution in [0.15, 0.2) is 54.5 Å². The van der Waals surface area contributed by atoms with Crippen molar-refractivity contribution in [2.75, 3.05) is 5.32 Å². The normalized spacial score (nSPS) is 13.5. The lowest BCUT2D eigenvalue weighted by molar-refractivity contribution is 0.481. The number of hydrogen-bond acceptors (Lipinski definition) is 3. The molecule has 0 aliphatic carbocycles. The molecule has 0 aromatic heterocycles. The van der Waals surface area contributed by atoms with E-state index in [9.17, 15) is 4.55 Å². The van der Waals surface area contributed by atoms with Crippen LogP contribution in [0.3, 0.4) is 0 Å². The van der Waals surface area contributed by atoms with E-state index in [1.165, 1.54) is 5.41 Å². The van der Waals surface area contributed by atoms with E-state index in [-0.39, 0.29) is 0 Å². The molecule has 1 heterocycles. The Morgan fingerprint density at radius 2 is 1.95 bits per heavy atom. The van der Waals surface area contributed by atoms with Crippen LogP contribution < -0.4 is 10.1 Å². The first-order valence-corrected chi connectivity index (χ1v) is 7.31. The third-order valence-corrected chi connectivity index (χ3v) is 3.90. The summed E-state index contributed by atoms with van der Waals surface area (Å²) in [5, 5.41) is 4.78. The van der Waals surface area contributed by atoms with Gasteiger partial charge in [0, 0.05) is 5.56 Å². The van der Waals surface area contributed by atoms with E-state index < -0.39 is 11.2 Å². The maximum absolute atomic E-state index is 11.5. The lowest BCUT2D eigenvalue weighted by Crippen LogP contribution is -2.05. The molecular weight excluding hydrogens is 258 g/mol. The quantitative estimate of drug-likeness (QED) is 0.734. The van der Waals surface area contributed by atoms with Crippen molar-refractivity contribution in [1.82, 2.24) is 0 Å². The van der Waals surface area contributed by atoms with Crippen molar-refractivity contribution in [2.24, 2.45) is 0 Å². The van der Waals surface area contributed by atoms with Gasteiger partial charge in [-0.2, -0.15) is 0 Å². The van der Waals surface area contributed by atoms with Crippen LogP contribution >= 0.6 is 0 Å². The molecule has 19 heavy (non-hydrogen) atoms. The Morgan fingerprint density at radius 3 is 2.79 bits per heavy atom. The predicted molar refractivity (Wildman–Crippen MR) is 78.3 cm³/mol. The molecule has 1 N–H and O–H groups in total. The van der Waals surface area contributed by atoms with E-state index in [4.69, 9.17) is 4.74 Å². The van der Waals surface area contributed by atoms with E-state index >= 15 is 0 Å². The average Bonchev–Trinajstić information content (AvgIpc) is 2.45. The second kappa shape index (κ2) is 4.99. The monoisotopic (exact) mass is 271 g/mol. The predicted octanol–water partition coefficient (Wildman–Crippen LogP) is 3.93. The average molecular weight is 271 g/mol. The van der Waals surface area contributed by atoms with Gasteiger partial charge in [-0.05, 0) is 35.4 Å². The number of fused-ring (bicyclic) bond motifs is 2. The van der Waals surface area contributed by atoms with E-state index in [0.717, 1.165) is 28.4 Å². The molecule has 3 rings (SSSR count). The summed E-state index contributed by atoms with van der Waals surface area (Å²) < 4.78 is 17.3. The lowest BCUT2D eigenvalue weighted by atomic mass is 10.1. The van der Waals surface area contributed by atoms with Gasteiger partial charge in [0.25, 0.3) is 0 Å². The molecule has 0 saturated carbocycles. The third kappa shape index (κ3) is 2.45. The number of benzene rings is 2. The zero-order valence-electron chi connectivity index (χ0n) is 10.3. The van der Waals surface area contributed by atoms with Crippen molar-refractivity contribution >= 4 is 22.6 Å². The highest BCUT2D eigenvalue weighted by molar-refractivity contribution is 7.93. The fourth-order valence-electron chi connectivity index (χ4n) is 2.00. The number of anilines is 2. The molecule has 1 atom stereocenters. The molecule has 96 valence electrons. The van der Waals surface area contributed by atoms with E-state index in [2.05, 4.69) is 11.9 Å². The number of hydrogen-bond donors (Lipinski definition) is 1. The molecule has 2 aromatic carbocycles. The van der Waals surface area contributed by atoms with Gasteiger partial charge in [-0.25, -0.2) is 0 Å². The number of nitrogens with one attached hydrogen (secondary N) is 1. The second-order valence-electron chi connectivity index (χ2n) is 4.25. The summed E-state index contributed by atoms with van der Waals surface area (Å²) in [7, 11) is 0. The van der Waals surface area contributed by atoms with Crippen LogP contribution in [0.5, 0.6) is 11.5 Å². The van der Waals surface area contributed by atoms with Crippen LogP contribution in [0.25, 0.3) is 0 Å². The second-order valence-corrected chi connectivity index (χ2v) is 5.63. The summed E-state index contributed by atoms with van der Waals surface area (Å²) in [4.78, 5) is 0. The summed E-state index contributed by atoms with van der Waals surface area (Å²) in [6, 6.07) is 13.6. The SMILES string of the molecule is C=C[S+]([O-])Cc1ccc2c(c1)Nc1ccccc1O2. The van der Waals surface area contributed by atoms with Crippen LogP contribution in [-0.2, 0) is 16.9 Å². The maximum atomic E-state index is 11.5. The number of rotatable bonds is 3. The molecule has 0 fully saturated rings. The zero-order chi connectivity index (χ0) is 13.2. The minimum absolute atomic E-state index is 0.472. The lowest BCUT2D eigenvalue weighted by Gasteiger charge is -2.22. The van der Waals surface area contributed by atoms with E-state index in [1.54, 1.807) is 0 Å². The highest BCUT2D eigenvalue weighted by atomic mass is 32.2. The van der Waals surface area contributed by atoms with Crippen LogP contribution in [-0.4, -0.2) is 4.55 Å².